The number of benzene rings is 2. The zero-order valence-corrected chi connectivity index (χ0v) is 13.7. The van der Waals surface area contributed by atoms with Crippen LogP contribution in [0.15, 0.2) is 54.7 Å². The first-order valence-corrected chi connectivity index (χ1v) is 7.68. The molecule has 0 radical (unpaired) electrons. The average Bonchev–Trinajstić information content (AvgIpc) is 2.58. The lowest BCUT2D eigenvalue weighted by Gasteiger charge is -2.15. The lowest BCUT2D eigenvalue weighted by atomic mass is 10.2. The fourth-order valence-corrected chi connectivity index (χ4v) is 2.20. The van der Waals surface area contributed by atoms with Crippen molar-refractivity contribution in [2.75, 3.05) is 10.6 Å². The molecule has 0 bridgehead atoms. The molecule has 2 N–H and O–H groups in total. The molecule has 1 heterocycles. The van der Waals surface area contributed by atoms with Crippen LogP contribution in [0.25, 0.3) is 0 Å². The van der Waals surface area contributed by atoms with E-state index in [9.17, 15) is 17.6 Å². The lowest BCUT2D eigenvalue weighted by Crippen LogP contribution is -2.12. The molecule has 0 amide bonds. The van der Waals surface area contributed by atoms with Gasteiger partial charge in [0.05, 0.1) is 0 Å². The van der Waals surface area contributed by atoms with Gasteiger partial charge in [0.2, 0.25) is 5.95 Å². The summed E-state index contributed by atoms with van der Waals surface area (Å²) in [4.78, 5) is 7.58. The van der Waals surface area contributed by atoms with Gasteiger partial charge < -0.3 is 10.6 Å². The number of halogens is 5. The normalized spacial score (nSPS) is 11.3. The Kier molecular flexibility index (Phi) is 4.94. The minimum atomic E-state index is -4.64. The molecule has 0 spiro atoms. The summed E-state index contributed by atoms with van der Waals surface area (Å²) in [5.41, 5.74) is -0.202. The first-order valence-electron chi connectivity index (χ1n) is 7.31. The predicted molar refractivity (Wildman–Crippen MR) is 91.5 cm³/mol. The molecule has 4 nitrogen and oxygen atoms in total. The van der Waals surface area contributed by atoms with Gasteiger partial charge in [-0.25, -0.2) is 9.37 Å². The molecule has 0 saturated carbocycles. The van der Waals surface area contributed by atoms with Gasteiger partial charge in [0.1, 0.15) is 17.2 Å². The highest BCUT2D eigenvalue weighted by Gasteiger charge is 2.35. The van der Waals surface area contributed by atoms with Crippen molar-refractivity contribution in [3.05, 3.63) is 71.1 Å². The number of rotatable bonds is 4. The van der Waals surface area contributed by atoms with Crippen LogP contribution in [0.2, 0.25) is 5.02 Å². The SMILES string of the molecule is Fc1ccc(Nc2ncc(C(F)(F)F)c(Nc3ccc(Cl)cc3)n2)cc1. The van der Waals surface area contributed by atoms with Crippen molar-refractivity contribution in [3.8, 4) is 0 Å². The second-order valence-electron chi connectivity index (χ2n) is 5.22. The van der Waals surface area contributed by atoms with E-state index in [-0.39, 0.29) is 5.95 Å². The zero-order valence-electron chi connectivity index (χ0n) is 13.0. The van der Waals surface area contributed by atoms with Crippen molar-refractivity contribution in [2.24, 2.45) is 0 Å². The van der Waals surface area contributed by atoms with Crippen molar-refractivity contribution < 1.29 is 17.6 Å². The molecule has 0 unspecified atom stereocenters. The van der Waals surface area contributed by atoms with Gasteiger partial charge in [0.15, 0.2) is 0 Å². The Labute approximate surface area is 150 Å². The van der Waals surface area contributed by atoms with Crippen molar-refractivity contribution in [1.29, 1.82) is 0 Å². The van der Waals surface area contributed by atoms with Crippen LogP contribution in [0.4, 0.5) is 40.7 Å². The third-order valence-corrected chi connectivity index (χ3v) is 3.55. The number of aromatic nitrogens is 2. The van der Waals surface area contributed by atoms with Crippen molar-refractivity contribution >= 4 is 34.7 Å². The third-order valence-electron chi connectivity index (χ3n) is 3.30. The number of hydrogen-bond donors (Lipinski definition) is 2. The Morgan fingerprint density at radius 1 is 0.846 bits per heavy atom. The molecule has 0 saturated heterocycles. The predicted octanol–water partition coefficient (Wildman–Crippen LogP) is 5.78. The Morgan fingerprint density at radius 3 is 2.04 bits per heavy atom. The standard InChI is InChI=1S/C17H11ClF4N4/c18-10-1-5-12(6-2-10)24-15-14(17(20,21)22)9-23-16(26-15)25-13-7-3-11(19)4-8-13/h1-9H,(H2,23,24,25,26). The van der Waals surface area contributed by atoms with Crippen LogP contribution in [0.5, 0.6) is 0 Å². The van der Waals surface area contributed by atoms with Crippen LogP contribution in [-0.2, 0) is 6.18 Å². The molecule has 0 fully saturated rings. The molecule has 0 aliphatic heterocycles. The monoisotopic (exact) mass is 382 g/mol. The Hall–Kier alpha value is -2.87. The van der Waals surface area contributed by atoms with Gasteiger partial charge in [-0.05, 0) is 48.5 Å². The first kappa shape index (κ1) is 17.9. The number of nitrogens with zero attached hydrogens (tertiary/aromatic N) is 2. The van der Waals surface area contributed by atoms with Gasteiger partial charge in [-0.15, -0.1) is 0 Å². The zero-order chi connectivity index (χ0) is 18.7. The van der Waals surface area contributed by atoms with E-state index in [1.54, 1.807) is 0 Å². The van der Waals surface area contributed by atoms with E-state index in [0.29, 0.717) is 22.6 Å². The fourth-order valence-electron chi connectivity index (χ4n) is 2.08. The quantitative estimate of drug-likeness (QED) is 0.562. The van der Waals surface area contributed by atoms with E-state index >= 15 is 0 Å². The minimum Gasteiger partial charge on any atom is -0.340 e. The molecule has 3 aromatic rings. The maximum atomic E-state index is 13.2. The van der Waals surface area contributed by atoms with E-state index in [2.05, 4.69) is 20.6 Å². The first-order chi connectivity index (χ1) is 12.3. The Morgan fingerprint density at radius 2 is 1.42 bits per heavy atom. The molecule has 0 aliphatic carbocycles. The highest BCUT2D eigenvalue weighted by atomic mass is 35.5. The highest BCUT2D eigenvalue weighted by Crippen LogP contribution is 2.35. The Balaban J connectivity index is 1.93. The second-order valence-corrected chi connectivity index (χ2v) is 5.65. The smallest absolute Gasteiger partial charge is 0.340 e. The Bertz CT molecular complexity index is 896. The fraction of sp³-hybridized carbons (Fsp3) is 0.0588. The minimum absolute atomic E-state index is 0.0685. The van der Waals surface area contributed by atoms with Crippen LogP contribution in [0, 0.1) is 5.82 Å². The van der Waals surface area contributed by atoms with E-state index in [4.69, 9.17) is 11.6 Å². The van der Waals surface area contributed by atoms with E-state index in [1.165, 1.54) is 48.5 Å². The third kappa shape index (κ3) is 4.40. The van der Waals surface area contributed by atoms with Gasteiger partial charge in [-0.1, -0.05) is 11.6 Å². The second kappa shape index (κ2) is 7.17. The summed E-state index contributed by atoms with van der Waals surface area (Å²) in [5.74, 6) is -0.922. The summed E-state index contributed by atoms with van der Waals surface area (Å²) in [6.45, 7) is 0. The summed E-state index contributed by atoms with van der Waals surface area (Å²) in [6.07, 6.45) is -3.96. The number of hydrogen-bond acceptors (Lipinski definition) is 4. The summed E-state index contributed by atoms with van der Waals surface area (Å²) >= 11 is 5.78. The molecule has 2 aromatic carbocycles. The van der Waals surface area contributed by atoms with Crippen LogP contribution >= 0.6 is 11.6 Å². The van der Waals surface area contributed by atoms with Crippen LogP contribution < -0.4 is 10.6 Å². The summed E-state index contributed by atoms with van der Waals surface area (Å²) in [6, 6.07) is 11.4. The summed E-state index contributed by atoms with van der Waals surface area (Å²) in [5, 5.41) is 5.79. The largest absolute Gasteiger partial charge is 0.421 e. The van der Waals surface area contributed by atoms with Crippen molar-refractivity contribution in [2.45, 2.75) is 6.18 Å². The molecular weight excluding hydrogens is 372 g/mol. The lowest BCUT2D eigenvalue weighted by molar-refractivity contribution is -0.137. The van der Waals surface area contributed by atoms with Crippen molar-refractivity contribution in [1.82, 2.24) is 9.97 Å². The molecule has 1 aromatic heterocycles. The molecule has 3 rings (SSSR count). The van der Waals surface area contributed by atoms with E-state index in [1.807, 2.05) is 0 Å². The van der Waals surface area contributed by atoms with Crippen molar-refractivity contribution in [3.63, 3.8) is 0 Å². The van der Waals surface area contributed by atoms with Gasteiger partial charge in [0, 0.05) is 22.6 Å². The highest BCUT2D eigenvalue weighted by molar-refractivity contribution is 6.30. The number of anilines is 4. The maximum Gasteiger partial charge on any atom is 0.421 e. The molecule has 0 atom stereocenters. The van der Waals surface area contributed by atoms with E-state index < -0.39 is 23.4 Å². The van der Waals surface area contributed by atoms with E-state index in [0.717, 1.165) is 0 Å². The van der Waals surface area contributed by atoms with Gasteiger partial charge in [-0.2, -0.15) is 18.2 Å². The molecule has 26 heavy (non-hydrogen) atoms. The molecule has 0 aliphatic rings. The van der Waals surface area contributed by atoms with Gasteiger partial charge >= 0.3 is 6.18 Å². The molecule has 9 heteroatoms. The average molecular weight is 383 g/mol. The summed E-state index contributed by atoms with van der Waals surface area (Å²) in [7, 11) is 0. The maximum absolute atomic E-state index is 13.2. The van der Waals surface area contributed by atoms with Crippen LogP contribution in [0.1, 0.15) is 5.56 Å². The van der Waals surface area contributed by atoms with Crippen LogP contribution in [0.3, 0.4) is 0 Å². The number of nitrogens with one attached hydrogen (secondary N) is 2. The van der Waals surface area contributed by atoms with Crippen LogP contribution in [-0.4, -0.2) is 9.97 Å². The summed E-state index contributed by atoms with van der Waals surface area (Å²) < 4.78 is 52.6. The van der Waals surface area contributed by atoms with Gasteiger partial charge in [0.25, 0.3) is 0 Å². The van der Waals surface area contributed by atoms with Gasteiger partial charge in [-0.3, -0.25) is 0 Å². The molecular formula is C17H11ClF4N4. The number of alkyl halides is 3. The topological polar surface area (TPSA) is 49.8 Å². The molecule has 134 valence electrons.